The molecule has 3 aromatic rings. The molecule has 146 valence electrons. The summed E-state index contributed by atoms with van der Waals surface area (Å²) in [5.74, 6) is 0.131. The van der Waals surface area contributed by atoms with E-state index in [0.717, 1.165) is 48.8 Å². The first-order valence-electron chi connectivity index (χ1n) is 9.85. The van der Waals surface area contributed by atoms with E-state index in [9.17, 15) is 4.79 Å². The zero-order chi connectivity index (χ0) is 19.3. The summed E-state index contributed by atoms with van der Waals surface area (Å²) in [7, 11) is 0. The number of hydrogen-bond acceptors (Lipinski definition) is 2. The summed E-state index contributed by atoms with van der Waals surface area (Å²) in [6.07, 6.45) is 2.88. The Morgan fingerprint density at radius 2 is 1.96 bits per heavy atom. The number of benzene rings is 2. The summed E-state index contributed by atoms with van der Waals surface area (Å²) < 4.78 is 0. The Balaban J connectivity index is 1.21. The Morgan fingerprint density at radius 1 is 1.14 bits per heavy atom. The molecular weight excluding hydrogens is 372 g/mol. The van der Waals surface area contributed by atoms with Crippen molar-refractivity contribution in [3.05, 3.63) is 65.3 Å². The molecule has 0 saturated carbocycles. The van der Waals surface area contributed by atoms with Crippen LogP contribution in [0.5, 0.6) is 0 Å². The number of fused-ring (bicyclic) bond motifs is 1. The summed E-state index contributed by atoms with van der Waals surface area (Å²) >= 11 is 6.09. The fourth-order valence-electron chi connectivity index (χ4n) is 3.90. The molecule has 1 aliphatic heterocycles. The molecule has 2 aromatic carbocycles. The molecular formula is C22H26ClN4O+. The number of para-hydroxylation sites is 1. The van der Waals surface area contributed by atoms with Crippen LogP contribution in [0.15, 0.2) is 54.7 Å². The monoisotopic (exact) mass is 397 g/mol. The second kappa shape index (κ2) is 8.67. The van der Waals surface area contributed by atoms with Crippen molar-refractivity contribution in [2.75, 3.05) is 44.2 Å². The number of rotatable bonds is 6. The SMILES string of the molecule is O=C(C[NH+]1CCN(c2cccc(Cl)c2)CC1)NCCc1c[nH]c2ccccc12. The first kappa shape index (κ1) is 18.8. The van der Waals surface area contributed by atoms with Gasteiger partial charge >= 0.3 is 0 Å². The third-order valence-electron chi connectivity index (χ3n) is 5.45. The van der Waals surface area contributed by atoms with Crippen LogP contribution >= 0.6 is 11.6 Å². The third-order valence-corrected chi connectivity index (χ3v) is 5.68. The fraction of sp³-hybridized carbons (Fsp3) is 0.318. The van der Waals surface area contributed by atoms with Crippen molar-refractivity contribution in [1.29, 1.82) is 0 Å². The Morgan fingerprint density at radius 3 is 2.79 bits per heavy atom. The lowest BCUT2D eigenvalue weighted by Gasteiger charge is -2.33. The van der Waals surface area contributed by atoms with E-state index in [1.807, 2.05) is 36.5 Å². The number of halogens is 1. The molecule has 28 heavy (non-hydrogen) atoms. The van der Waals surface area contributed by atoms with Crippen molar-refractivity contribution < 1.29 is 9.69 Å². The van der Waals surface area contributed by atoms with Crippen molar-refractivity contribution in [1.82, 2.24) is 10.3 Å². The molecule has 2 heterocycles. The van der Waals surface area contributed by atoms with E-state index in [1.165, 1.54) is 15.8 Å². The second-order valence-electron chi connectivity index (χ2n) is 7.35. The molecule has 1 saturated heterocycles. The highest BCUT2D eigenvalue weighted by atomic mass is 35.5. The minimum atomic E-state index is 0.131. The van der Waals surface area contributed by atoms with Gasteiger partial charge in [0.15, 0.2) is 6.54 Å². The predicted molar refractivity (Wildman–Crippen MR) is 114 cm³/mol. The van der Waals surface area contributed by atoms with Crippen molar-refractivity contribution in [2.45, 2.75) is 6.42 Å². The maximum absolute atomic E-state index is 12.3. The molecule has 0 radical (unpaired) electrons. The van der Waals surface area contributed by atoms with E-state index >= 15 is 0 Å². The van der Waals surface area contributed by atoms with Crippen molar-refractivity contribution in [2.24, 2.45) is 0 Å². The Hall–Kier alpha value is -2.50. The van der Waals surface area contributed by atoms with Gasteiger partial charge in [-0.3, -0.25) is 4.79 Å². The molecule has 0 bridgehead atoms. The Bertz CT molecular complexity index is 946. The fourth-order valence-corrected chi connectivity index (χ4v) is 4.08. The van der Waals surface area contributed by atoms with Crippen molar-refractivity contribution >= 4 is 34.1 Å². The maximum Gasteiger partial charge on any atom is 0.275 e. The summed E-state index contributed by atoms with van der Waals surface area (Å²) in [4.78, 5) is 19.3. The van der Waals surface area contributed by atoms with E-state index < -0.39 is 0 Å². The number of carbonyl (C=O) groups is 1. The van der Waals surface area contributed by atoms with Crippen LogP contribution in [0, 0.1) is 0 Å². The van der Waals surface area contributed by atoms with Gasteiger partial charge in [0.05, 0.1) is 26.2 Å². The van der Waals surface area contributed by atoms with Crippen LogP contribution in [0.4, 0.5) is 5.69 Å². The number of carbonyl (C=O) groups excluding carboxylic acids is 1. The number of aromatic amines is 1. The topological polar surface area (TPSA) is 52.6 Å². The van der Waals surface area contributed by atoms with Gasteiger partial charge in [-0.1, -0.05) is 35.9 Å². The summed E-state index contributed by atoms with van der Waals surface area (Å²) in [6.45, 7) is 5.02. The lowest BCUT2D eigenvalue weighted by Crippen LogP contribution is -3.16. The van der Waals surface area contributed by atoms with Gasteiger partial charge in [0.2, 0.25) is 0 Å². The van der Waals surface area contributed by atoms with Gasteiger partial charge in [-0.25, -0.2) is 0 Å². The van der Waals surface area contributed by atoms with Gasteiger partial charge in [0.1, 0.15) is 0 Å². The standard InChI is InChI=1S/C22H25ClN4O/c23-18-4-3-5-19(14-18)27-12-10-26(11-13-27)16-22(28)24-9-8-17-15-25-21-7-2-1-6-20(17)21/h1-7,14-15,25H,8-13,16H2,(H,24,28)/p+1. The summed E-state index contributed by atoms with van der Waals surface area (Å²) in [6, 6.07) is 16.2. The van der Waals surface area contributed by atoms with Crippen LogP contribution in [-0.4, -0.2) is 50.2 Å². The normalized spacial score (nSPS) is 15.1. The molecule has 1 amide bonds. The average molecular weight is 398 g/mol. The molecule has 1 aliphatic rings. The number of quaternary nitrogens is 1. The van der Waals surface area contributed by atoms with Gasteiger partial charge in [0.25, 0.3) is 5.91 Å². The number of nitrogens with zero attached hydrogens (tertiary/aromatic N) is 1. The van der Waals surface area contributed by atoms with E-state index in [0.29, 0.717) is 13.1 Å². The Kier molecular flexibility index (Phi) is 5.84. The van der Waals surface area contributed by atoms with Gasteiger partial charge in [-0.15, -0.1) is 0 Å². The number of hydrogen-bond donors (Lipinski definition) is 3. The summed E-state index contributed by atoms with van der Waals surface area (Å²) in [5, 5.41) is 5.08. The van der Waals surface area contributed by atoms with E-state index in [2.05, 4.69) is 33.4 Å². The number of amides is 1. The average Bonchev–Trinajstić information content (AvgIpc) is 3.12. The largest absolute Gasteiger partial charge is 0.361 e. The predicted octanol–water partition coefficient (Wildman–Crippen LogP) is 1.89. The number of nitrogens with one attached hydrogen (secondary N) is 3. The minimum absolute atomic E-state index is 0.131. The molecule has 4 rings (SSSR count). The van der Waals surface area contributed by atoms with Crippen LogP contribution in [0.25, 0.3) is 10.9 Å². The zero-order valence-electron chi connectivity index (χ0n) is 15.9. The molecule has 1 aromatic heterocycles. The first-order chi connectivity index (χ1) is 13.7. The van der Waals surface area contributed by atoms with Gasteiger partial charge < -0.3 is 20.1 Å². The molecule has 1 fully saturated rings. The third kappa shape index (κ3) is 4.49. The highest BCUT2D eigenvalue weighted by molar-refractivity contribution is 6.30. The molecule has 0 aliphatic carbocycles. The van der Waals surface area contributed by atoms with Crippen LogP contribution in [0.1, 0.15) is 5.56 Å². The Labute approximate surface area is 170 Å². The second-order valence-corrected chi connectivity index (χ2v) is 7.79. The highest BCUT2D eigenvalue weighted by Crippen LogP contribution is 2.19. The van der Waals surface area contributed by atoms with Gasteiger partial charge in [-0.05, 0) is 36.2 Å². The quantitative estimate of drug-likeness (QED) is 0.595. The molecule has 0 atom stereocenters. The van der Waals surface area contributed by atoms with Gasteiger partial charge in [0, 0.05) is 34.4 Å². The lowest BCUT2D eigenvalue weighted by atomic mass is 10.1. The number of anilines is 1. The van der Waals surface area contributed by atoms with Crippen molar-refractivity contribution in [3.8, 4) is 0 Å². The molecule has 6 heteroatoms. The summed E-state index contributed by atoms with van der Waals surface area (Å²) in [5.41, 5.74) is 3.55. The van der Waals surface area contributed by atoms with E-state index in [1.54, 1.807) is 0 Å². The van der Waals surface area contributed by atoms with Crippen LogP contribution < -0.4 is 15.1 Å². The van der Waals surface area contributed by atoms with Gasteiger partial charge in [-0.2, -0.15) is 0 Å². The van der Waals surface area contributed by atoms with E-state index in [-0.39, 0.29) is 5.91 Å². The molecule has 3 N–H and O–H groups in total. The van der Waals surface area contributed by atoms with E-state index in [4.69, 9.17) is 11.6 Å². The molecule has 0 spiro atoms. The molecule has 5 nitrogen and oxygen atoms in total. The highest BCUT2D eigenvalue weighted by Gasteiger charge is 2.22. The first-order valence-corrected chi connectivity index (χ1v) is 10.2. The van der Waals surface area contributed by atoms with Crippen LogP contribution in [0.3, 0.4) is 0 Å². The minimum Gasteiger partial charge on any atom is -0.361 e. The maximum atomic E-state index is 12.3. The van der Waals surface area contributed by atoms with Crippen LogP contribution in [0.2, 0.25) is 5.02 Å². The zero-order valence-corrected chi connectivity index (χ0v) is 16.6. The molecule has 0 unspecified atom stereocenters. The number of piperazine rings is 1. The number of aromatic nitrogens is 1. The van der Waals surface area contributed by atoms with Crippen molar-refractivity contribution in [3.63, 3.8) is 0 Å². The lowest BCUT2D eigenvalue weighted by molar-refractivity contribution is -0.892. The number of H-pyrrole nitrogens is 1. The smallest absolute Gasteiger partial charge is 0.275 e. The van der Waals surface area contributed by atoms with Crippen LogP contribution in [-0.2, 0) is 11.2 Å².